The van der Waals surface area contributed by atoms with E-state index in [2.05, 4.69) is 26.2 Å². The molecule has 0 spiro atoms. The van der Waals surface area contributed by atoms with Crippen molar-refractivity contribution < 1.29 is 9.53 Å². The van der Waals surface area contributed by atoms with Gasteiger partial charge in [0.15, 0.2) is 17.7 Å². The average Bonchev–Trinajstić information content (AvgIpc) is 2.28. The largest absolute Gasteiger partial charge is 0.476 e. The lowest BCUT2D eigenvalue weighted by Gasteiger charge is -2.28. The van der Waals surface area contributed by atoms with Gasteiger partial charge in [0.1, 0.15) is 4.60 Å². The van der Waals surface area contributed by atoms with Crippen LogP contribution >= 0.6 is 15.9 Å². The summed E-state index contributed by atoms with van der Waals surface area (Å²) < 4.78 is 6.32. The lowest BCUT2D eigenvalue weighted by atomic mass is 9.99. The number of amides is 1. The SMILES string of the molecule is CC(CCN)C1Oc2ccc(Br)nc2NC1=O. The third kappa shape index (κ3) is 2.58. The van der Waals surface area contributed by atoms with Gasteiger partial charge in [-0.3, -0.25) is 4.79 Å². The second-order valence-corrected chi connectivity index (χ2v) is 4.88. The van der Waals surface area contributed by atoms with E-state index >= 15 is 0 Å². The zero-order valence-electron chi connectivity index (χ0n) is 9.44. The van der Waals surface area contributed by atoms with E-state index < -0.39 is 6.10 Å². The summed E-state index contributed by atoms with van der Waals surface area (Å²) in [5, 5.41) is 2.74. The molecule has 2 rings (SSSR count). The molecule has 5 nitrogen and oxygen atoms in total. The molecule has 3 N–H and O–H groups in total. The van der Waals surface area contributed by atoms with E-state index in [1.54, 1.807) is 12.1 Å². The van der Waals surface area contributed by atoms with Crippen molar-refractivity contribution in [3.05, 3.63) is 16.7 Å². The molecule has 2 atom stereocenters. The van der Waals surface area contributed by atoms with Crippen molar-refractivity contribution in [2.75, 3.05) is 11.9 Å². The number of hydrogen-bond acceptors (Lipinski definition) is 4. The number of hydrogen-bond donors (Lipinski definition) is 2. The maximum Gasteiger partial charge on any atom is 0.266 e. The van der Waals surface area contributed by atoms with E-state index in [0.29, 0.717) is 22.7 Å². The van der Waals surface area contributed by atoms with Gasteiger partial charge in [-0.15, -0.1) is 0 Å². The summed E-state index contributed by atoms with van der Waals surface area (Å²) in [6, 6.07) is 3.56. The molecule has 0 fully saturated rings. The van der Waals surface area contributed by atoms with Crippen LogP contribution in [0.1, 0.15) is 13.3 Å². The van der Waals surface area contributed by atoms with Gasteiger partial charge in [0.25, 0.3) is 5.91 Å². The Balaban J connectivity index is 2.21. The second kappa shape index (κ2) is 5.01. The van der Waals surface area contributed by atoms with E-state index in [4.69, 9.17) is 10.5 Å². The highest BCUT2D eigenvalue weighted by Gasteiger charge is 2.32. The van der Waals surface area contributed by atoms with Gasteiger partial charge in [-0.05, 0) is 41.0 Å². The van der Waals surface area contributed by atoms with Gasteiger partial charge in [-0.1, -0.05) is 6.92 Å². The van der Waals surface area contributed by atoms with Crippen molar-refractivity contribution in [3.8, 4) is 5.75 Å². The molecule has 17 heavy (non-hydrogen) atoms. The molecule has 92 valence electrons. The number of carbonyl (C=O) groups excluding carboxylic acids is 1. The smallest absolute Gasteiger partial charge is 0.266 e. The van der Waals surface area contributed by atoms with Crippen molar-refractivity contribution in [3.63, 3.8) is 0 Å². The molecule has 2 unspecified atom stereocenters. The molecule has 0 saturated carbocycles. The number of fused-ring (bicyclic) bond motifs is 1. The van der Waals surface area contributed by atoms with E-state index in [0.717, 1.165) is 6.42 Å². The number of rotatable bonds is 3. The quantitative estimate of drug-likeness (QED) is 0.830. The average molecular weight is 300 g/mol. The van der Waals surface area contributed by atoms with Crippen LogP contribution < -0.4 is 15.8 Å². The number of pyridine rings is 1. The molecule has 1 aliphatic heterocycles. The van der Waals surface area contributed by atoms with Crippen LogP contribution in [0.3, 0.4) is 0 Å². The van der Waals surface area contributed by atoms with E-state index in [9.17, 15) is 4.79 Å². The van der Waals surface area contributed by atoms with Gasteiger partial charge < -0.3 is 15.8 Å². The van der Waals surface area contributed by atoms with Gasteiger partial charge >= 0.3 is 0 Å². The lowest BCUT2D eigenvalue weighted by molar-refractivity contribution is -0.125. The maximum atomic E-state index is 11.9. The van der Waals surface area contributed by atoms with Crippen LogP contribution in [0.5, 0.6) is 5.75 Å². The van der Waals surface area contributed by atoms with Gasteiger partial charge in [-0.25, -0.2) is 4.98 Å². The minimum Gasteiger partial charge on any atom is -0.476 e. The molecule has 1 aromatic heterocycles. The summed E-state index contributed by atoms with van der Waals surface area (Å²) in [4.78, 5) is 16.0. The number of carbonyl (C=O) groups is 1. The number of aromatic nitrogens is 1. The molecule has 2 heterocycles. The molecule has 0 aliphatic carbocycles. The molecule has 0 aromatic carbocycles. The molecule has 1 amide bonds. The van der Waals surface area contributed by atoms with E-state index in [1.165, 1.54) is 0 Å². The van der Waals surface area contributed by atoms with Crippen LogP contribution in [-0.2, 0) is 4.79 Å². The van der Waals surface area contributed by atoms with Gasteiger partial charge in [-0.2, -0.15) is 0 Å². The van der Waals surface area contributed by atoms with Gasteiger partial charge in [0.2, 0.25) is 0 Å². The number of nitrogens with two attached hydrogens (primary N) is 1. The van der Waals surface area contributed by atoms with Crippen molar-refractivity contribution in [1.82, 2.24) is 4.98 Å². The fraction of sp³-hybridized carbons (Fsp3) is 0.455. The van der Waals surface area contributed by atoms with Gasteiger partial charge in [0, 0.05) is 5.92 Å². The Morgan fingerprint density at radius 1 is 1.65 bits per heavy atom. The molecule has 0 bridgehead atoms. The Morgan fingerprint density at radius 3 is 3.12 bits per heavy atom. The minimum absolute atomic E-state index is 0.0804. The third-order valence-electron chi connectivity index (χ3n) is 2.72. The predicted octanol–water partition coefficient (Wildman–Crippen LogP) is 1.53. The zero-order valence-corrected chi connectivity index (χ0v) is 11.0. The first-order valence-corrected chi connectivity index (χ1v) is 6.25. The van der Waals surface area contributed by atoms with E-state index in [-0.39, 0.29) is 11.8 Å². The summed E-state index contributed by atoms with van der Waals surface area (Å²) in [7, 11) is 0. The maximum absolute atomic E-state index is 11.9. The lowest BCUT2D eigenvalue weighted by Crippen LogP contribution is -2.42. The number of anilines is 1. The molecular formula is C11H14BrN3O2. The van der Waals surface area contributed by atoms with Crippen molar-refractivity contribution in [2.24, 2.45) is 11.7 Å². The minimum atomic E-state index is -0.492. The fourth-order valence-electron chi connectivity index (χ4n) is 1.77. The standard InChI is InChI=1S/C11H14BrN3O2/c1-6(4-5-13)9-11(16)15-10-7(17-9)2-3-8(12)14-10/h2-3,6,9H,4-5,13H2,1H3,(H,14,15,16). The third-order valence-corrected chi connectivity index (χ3v) is 3.16. The fourth-order valence-corrected chi connectivity index (χ4v) is 2.08. The normalized spacial score (nSPS) is 20.2. The van der Waals surface area contributed by atoms with Crippen molar-refractivity contribution in [1.29, 1.82) is 0 Å². The highest BCUT2D eigenvalue weighted by atomic mass is 79.9. The molecule has 1 aliphatic rings. The summed E-state index contributed by atoms with van der Waals surface area (Å²) in [6.45, 7) is 2.49. The first-order chi connectivity index (χ1) is 8.11. The van der Waals surface area contributed by atoms with Crippen molar-refractivity contribution in [2.45, 2.75) is 19.4 Å². The summed E-state index contributed by atoms with van der Waals surface area (Å²) in [5.74, 6) is 0.975. The molecule has 6 heteroatoms. The summed E-state index contributed by atoms with van der Waals surface area (Å²) in [6.07, 6.45) is 0.256. The zero-order chi connectivity index (χ0) is 12.4. The van der Waals surface area contributed by atoms with E-state index in [1.807, 2.05) is 6.92 Å². The monoisotopic (exact) mass is 299 g/mol. The first kappa shape index (κ1) is 12.3. The van der Waals surface area contributed by atoms with Crippen molar-refractivity contribution >= 4 is 27.7 Å². The molecule has 0 saturated heterocycles. The second-order valence-electron chi connectivity index (χ2n) is 4.06. The Hall–Kier alpha value is -1.14. The van der Waals surface area contributed by atoms with Crippen LogP contribution in [0, 0.1) is 5.92 Å². The highest BCUT2D eigenvalue weighted by molar-refractivity contribution is 9.10. The number of ether oxygens (including phenoxy) is 1. The topological polar surface area (TPSA) is 77.2 Å². The Labute approximate surface area is 108 Å². The number of nitrogens with zero attached hydrogens (tertiary/aromatic N) is 1. The van der Waals surface area contributed by atoms with Crippen LogP contribution in [-0.4, -0.2) is 23.5 Å². The summed E-state index contributed by atoms with van der Waals surface area (Å²) in [5.41, 5.74) is 5.49. The first-order valence-electron chi connectivity index (χ1n) is 5.46. The summed E-state index contributed by atoms with van der Waals surface area (Å²) >= 11 is 3.24. The highest BCUT2D eigenvalue weighted by Crippen LogP contribution is 2.31. The molecular weight excluding hydrogens is 286 g/mol. The van der Waals surface area contributed by atoms with Gasteiger partial charge in [0.05, 0.1) is 0 Å². The van der Waals surface area contributed by atoms with Crippen LogP contribution in [0.4, 0.5) is 5.82 Å². The van der Waals surface area contributed by atoms with Crippen LogP contribution in [0.25, 0.3) is 0 Å². The molecule has 1 aromatic rings. The predicted molar refractivity (Wildman–Crippen MR) is 67.8 cm³/mol. The Morgan fingerprint density at radius 2 is 2.41 bits per heavy atom. The number of halogens is 1. The van der Waals surface area contributed by atoms with Crippen LogP contribution in [0.15, 0.2) is 16.7 Å². The number of nitrogens with one attached hydrogen (secondary N) is 1. The Kier molecular flexibility index (Phi) is 3.63. The molecule has 0 radical (unpaired) electrons. The Bertz CT molecular complexity index is 439. The van der Waals surface area contributed by atoms with Crippen LogP contribution in [0.2, 0.25) is 0 Å².